The number of halogens is 2. The summed E-state index contributed by atoms with van der Waals surface area (Å²) in [6.07, 6.45) is 0.341. The molecule has 14 heavy (non-hydrogen) atoms. The fourth-order valence-electron chi connectivity index (χ4n) is 1.50. The van der Waals surface area contributed by atoms with Gasteiger partial charge >= 0.3 is 0 Å². The van der Waals surface area contributed by atoms with Crippen molar-refractivity contribution in [2.75, 3.05) is 13.1 Å². The summed E-state index contributed by atoms with van der Waals surface area (Å²) >= 11 is 0. The molecule has 0 saturated carbocycles. The maximum atomic E-state index is 12.9. The summed E-state index contributed by atoms with van der Waals surface area (Å²) in [6, 6.07) is 1.82. The Bertz CT molecular complexity index is 260. The van der Waals surface area contributed by atoms with Crippen LogP contribution in [0.5, 0.6) is 0 Å². The number of likely N-dealkylation sites (tertiary alicyclic amines) is 1. The van der Waals surface area contributed by atoms with Crippen molar-refractivity contribution in [3.8, 4) is 6.07 Å². The Balaban J connectivity index is 2.44. The molecule has 1 saturated heterocycles. The lowest BCUT2D eigenvalue weighted by molar-refractivity contribution is -0.141. The van der Waals surface area contributed by atoms with Crippen molar-refractivity contribution in [2.24, 2.45) is 0 Å². The third-order valence-electron chi connectivity index (χ3n) is 2.20. The van der Waals surface area contributed by atoms with Crippen LogP contribution in [0.15, 0.2) is 0 Å². The first-order chi connectivity index (χ1) is 6.55. The minimum Gasteiger partial charge on any atom is -0.337 e. The molecular weight excluding hydrogens is 190 g/mol. The van der Waals surface area contributed by atoms with E-state index < -0.39 is 12.5 Å². The fraction of sp³-hybridized carbons (Fsp3) is 0.778. The molecule has 0 spiro atoms. The monoisotopic (exact) mass is 202 g/mol. The van der Waals surface area contributed by atoms with Gasteiger partial charge in [0.05, 0.1) is 12.6 Å². The molecule has 1 amide bonds. The van der Waals surface area contributed by atoms with E-state index >= 15 is 0 Å². The van der Waals surface area contributed by atoms with Crippen LogP contribution in [0.1, 0.15) is 25.7 Å². The van der Waals surface area contributed by atoms with Crippen molar-refractivity contribution < 1.29 is 13.6 Å². The molecular formula is C9H12F2N2O. The first-order valence-electron chi connectivity index (χ1n) is 4.58. The lowest BCUT2D eigenvalue weighted by atomic mass is 10.1. The highest BCUT2D eigenvalue weighted by Gasteiger charge is 2.36. The van der Waals surface area contributed by atoms with Gasteiger partial charge in [-0.05, 0) is 6.42 Å². The molecule has 1 rings (SSSR count). The molecule has 5 heteroatoms. The summed E-state index contributed by atoms with van der Waals surface area (Å²) in [5.41, 5.74) is 0. The second-order valence-corrected chi connectivity index (χ2v) is 3.43. The van der Waals surface area contributed by atoms with Gasteiger partial charge in [0, 0.05) is 25.8 Å². The van der Waals surface area contributed by atoms with E-state index in [-0.39, 0.29) is 25.2 Å². The molecule has 0 bridgehead atoms. The predicted octanol–water partition coefficient (Wildman–Crippen LogP) is 1.55. The molecule has 0 aromatic heterocycles. The lowest BCUT2D eigenvalue weighted by Crippen LogP contribution is -2.45. The van der Waals surface area contributed by atoms with Crippen molar-refractivity contribution in [1.29, 1.82) is 5.26 Å². The largest absolute Gasteiger partial charge is 0.337 e. The van der Waals surface area contributed by atoms with Gasteiger partial charge in [-0.15, -0.1) is 0 Å². The summed E-state index contributed by atoms with van der Waals surface area (Å²) in [5.74, 6) is -3.09. The first-order valence-corrected chi connectivity index (χ1v) is 4.58. The van der Waals surface area contributed by atoms with Gasteiger partial charge in [0.2, 0.25) is 5.91 Å². The molecule has 0 radical (unpaired) electrons. The Kier molecular flexibility index (Phi) is 3.39. The van der Waals surface area contributed by atoms with E-state index in [0.717, 1.165) is 4.90 Å². The number of amides is 1. The number of carbonyl (C=O) groups is 1. The zero-order valence-electron chi connectivity index (χ0n) is 7.80. The molecule has 1 aliphatic rings. The van der Waals surface area contributed by atoms with Gasteiger partial charge in [-0.2, -0.15) is 5.26 Å². The second kappa shape index (κ2) is 4.36. The lowest BCUT2D eigenvalue weighted by Gasteiger charge is -2.32. The van der Waals surface area contributed by atoms with E-state index in [2.05, 4.69) is 0 Å². The van der Waals surface area contributed by atoms with E-state index in [0.29, 0.717) is 13.0 Å². The molecule has 0 unspecified atom stereocenters. The topological polar surface area (TPSA) is 44.1 Å². The van der Waals surface area contributed by atoms with Gasteiger partial charge in [-0.3, -0.25) is 4.79 Å². The van der Waals surface area contributed by atoms with Crippen molar-refractivity contribution in [3.63, 3.8) is 0 Å². The molecule has 1 fully saturated rings. The molecule has 78 valence electrons. The quantitative estimate of drug-likeness (QED) is 0.681. The van der Waals surface area contributed by atoms with Crippen LogP contribution in [-0.2, 0) is 4.79 Å². The first kappa shape index (κ1) is 10.9. The summed E-state index contributed by atoms with van der Waals surface area (Å²) in [7, 11) is 0. The molecule has 0 aromatic carbocycles. The summed E-state index contributed by atoms with van der Waals surface area (Å²) < 4.78 is 25.8. The van der Waals surface area contributed by atoms with Gasteiger partial charge < -0.3 is 4.90 Å². The minimum absolute atomic E-state index is 0.0482. The van der Waals surface area contributed by atoms with Crippen LogP contribution in [0.3, 0.4) is 0 Å². The number of carbonyl (C=O) groups excluding carboxylic acids is 1. The Morgan fingerprint density at radius 1 is 1.57 bits per heavy atom. The van der Waals surface area contributed by atoms with Crippen LogP contribution in [0, 0.1) is 11.3 Å². The standard InChI is InChI=1S/C9H12F2N2O/c10-9(11)4-2-6-13(7-9)8(14)3-1-5-12/h1-4,6-7H2. The van der Waals surface area contributed by atoms with E-state index in [1.165, 1.54) is 0 Å². The molecule has 0 aromatic rings. The van der Waals surface area contributed by atoms with Gasteiger partial charge in [-0.1, -0.05) is 0 Å². The molecule has 0 N–H and O–H groups in total. The molecule has 3 nitrogen and oxygen atoms in total. The Morgan fingerprint density at radius 2 is 2.29 bits per heavy atom. The minimum atomic E-state index is -2.75. The number of nitrogens with zero attached hydrogens (tertiary/aromatic N) is 2. The highest BCUT2D eigenvalue weighted by molar-refractivity contribution is 5.76. The van der Waals surface area contributed by atoms with E-state index in [9.17, 15) is 13.6 Å². The summed E-state index contributed by atoms with van der Waals surface area (Å²) in [4.78, 5) is 12.4. The summed E-state index contributed by atoms with van der Waals surface area (Å²) in [5, 5.41) is 8.25. The average molecular weight is 202 g/mol. The Morgan fingerprint density at radius 3 is 2.86 bits per heavy atom. The van der Waals surface area contributed by atoms with Gasteiger partial charge in [-0.25, -0.2) is 8.78 Å². The number of hydrogen-bond donors (Lipinski definition) is 0. The number of hydrogen-bond acceptors (Lipinski definition) is 2. The van der Waals surface area contributed by atoms with Gasteiger partial charge in [0.15, 0.2) is 0 Å². The molecule has 1 aliphatic heterocycles. The fourth-order valence-corrected chi connectivity index (χ4v) is 1.50. The van der Waals surface area contributed by atoms with Crippen LogP contribution in [0.2, 0.25) is 0 Å². The van der Waals surface area contributed by atoms with Gasteiger partial charge in [0.1, 0.15) is 0 Å². The van der Waals surface area contributed by atoms with Crippen molar-refractivity contribution >= 4 is 5.91 Å². The zero-order chi connectivity index (χ0) is 10.6. The number of nitriles is 1. The Labute approximate surface area is 81.3 Å². The third kappa shape index (κ3) is 2.95. The maximum absolute atomic E-state index is 12.9. The van der Waals surface area contributed by atoms with Gasteiger partial charge in [0.25, 0.3) is 5.92 Å². The second-order valence-electron chi connectivity index (χ2n) is 3.43. The zero-order valence-corrected chi connectivity index (χ0v) is 7.80. The predicted molar refractivity (Wildman–Crippen MR) is 45.6 cm³/mol. The SMILES string of the molecule is N#CCCC(=O)N1CCCC(F)(F)C1. The van der Waals surface area contributed by atoms with Crippen LogP contribution in [-0.4, -0.2) is 29.8 Å². The molecule has 1 heterocycles. The molecule has 0 atom stereocenters. The van der Waals surface area contributed by atoms with Crippen molar-refractivity contribution in [2.45, 2.75) is 31.6 Å². The number of rotatable bonds is 2. The maximum Gasteiger partial charge on any atom is 0.265 e. The number of piperidine rings is 1. The van der Waals surface area contributed by atoms with Crippen molar-refractivity contribution in [3.05, 3.63) is 0 Å². The average Bonchev–Trinajstić information content (AvgIpc) is 2.12. The Hall–Kier alpha value is -1.18. The van der Waals surface area contributed by atoms with Crippen LogP contribution in [0.4, 0.5) is 8.78 Å². The van der Waals surface area contributed by atoms with Crippen LogP contribution >= 0.6 is 0 Å². The highest BCUT2D eigenvalue weighted by Crippen LogP contribution is 2.26. The van der Waals surface area contributed by atoms with E-state index in [1.807, 2.05) is 6.07 Å². The van der Waals surface area contributed by atoms with E-state index in [4.69, 9.17) is 5.26 Å². The molecule has 0 aliphatic carbocycles. The smallest absolute Gasteiger partial charge is 0.265 e. The highest BCUT2D eigenvalue weighted by atomic mass is 19.3. The van der Waals surface area contributed by atoms with E-state index in [1.54, 1.807) is 0 Å². The number of alkyl halides is 2. The normalized spacial score (nSPS) is 20.2. The van der Waals surface area contributed by atoms with Crippen LogP contribution in [0.25, 0.3) is 0 Å². The van der Waals surface area contributed by atoms with Crippen molar-refractivity contribution in [1.82, 2.24) is 4.90 Å². The third-order valence-corrected chi connectivity index (χ3v) is 2.20. The van der Waals surface area contributed by atoms with Crippen LogP contribution < -0.4 is 0 Å². The summed E-state index contributed by atoms with van der Waals surface area (Å²) in [6.45, 7) is -0.100.